The number of hydrogen-bond donors (Lipinski definition) is 2. The van der Waals surface area contributed by atoms with E-state index in [1.54, 1.807) is 0 Å². The molecule has 0 aromatic carbocycles. The third kappa shape index (κ3) is 324. The molecule has 0 radical (unpaired) electrons. The SMILES string of the molecule is O=P([O-])([O-])[O-].O=P([O-])([O-])[O-].OCCCO.[Zn+2].[Zn+2].[Zn+2]. The summed E-state index contributed by atoms with van der Waals surface area (Å²) in [6, 6.07) is 0. The second kappa shape index (κ2) is 21.3. The van der Waals surface area contributed by atoms with E-state index in [4.69, 9.17) is 48.7 Å². The van der Waals surface area contributed by atoms with Gasteiger partial charge in [-0.05, 0) is 6.42 Å². The van der Waals surface area contributed by atoms with Gasteiger partial charge in [-0.25, -0.2) is 0 Å². The van der Waals surface area contributed by atoms with E-state index in [1.807, 2.05) is 0 Å². The van der Waals surface area contributed by atoms with E-state index >= 15 is 0 Å². The van der Waals surface area contributed by atoms with Gasteiger partial charge in [-0.2, -0.15) is 15.6 Å². The summed E-state index contributed by atoms with van der Waals surface area (Å²) in [6.45, 7) is 0.188. The molecule has 10 nitrogen and oxygen atoms in total. The number of aliphatic hydroxyl groups excluding tert-OH is 2. The molecule has 0 aliphatic rings. The molecule has 0 aromatic heterocycles. The number of aliphatic hydroxyl groups is 2. The van der Waals surface area contributed by atoms with Crippen LogP contribution in [0.1, 0.15) is 6.42 Å². The predicted molar refractivity (Wildman–Crippen MR) is 34.0 cm³/mol. The minimum atomic E-state index is -5.39. The molecular formula is C3H8O10P2Zn3. The quantitative estimate of drug-likeness (QED) is 0.292. The second-order valence-electron chi connectivity index (χ2n) is 1.70. The first kappa shape index (κ1) is 36.8. The Hall–Kier alpha value is 2.01. The maximum atomic E-state index is 8.55. The molecule has 0 rings (SSSR count). The Bertz CT molecular complexity index is 176. The Morgan fingerprint density at radius 2 is 0.778 bits per heavy atom. The van der Waals surface area contributed by atoms with E-state index in [1.165, 1.54) is 0 Å². The normalized spacial score (nSPS) is 8.89. The summed E-state index contributed by atoms with van der Waals surface area (Å²) in [4.78, 5) is 51.3. The molecule has 96 valence electrons. The van der Waals surface area contributed by atoms with Gasteiger partial charge in [0.15, 0.2) is 0 Å². The summed E-state index contributed by atoms with van der Waals surface area (Å²) in [5, 5.41) is 15.8. The smallest absolute Gasteiger partial charge is 0.822 e. The largest absolute Gasteiger partial charge is 2.00 e. The minimum absolute atomic E-state index is 0. The van der Waals surface area contributed by atoms with Crippen molar-refractivity contribution in [3.05, 3.63) is 0 Å². The molecule has 0 atom stereocenters. The van der Waals surface area contributed by atoms with Crippen molar-refractivity contribution in [3.8, 4) is 0 Å². The molecule has 0 saturated heterocycles. The van der Waals surface area contributed by atoms with Gasteiger partial charge in [0.25, 0.3) is 0 Å². The third-order valence-electron chi connectivity index (χ3n) is 0.316. The average molecular weight is 462 g/mol. The van der Waals surface area contributed by atoms with Crippen LogP contribution in [-0.4, -0.2) is 23.4 Å². The average Bonchev–Trinajstić information content (AvgIpc) is 1.80. The van der Waals surface area contributed by atoms with Crippen LogP contribution in [0.15, 0.2) is 0 Å². The van der Waals surface area contributed by atoms with Gasteiger partial charge in [0.1, 0.15) is 0 Å². The predicted octanol–water partition coefficient (Wildman–Crippen LogP) is -6.30. The van der Waals surface area contributed by atoms with Crippen molar-refractivity contribution in [2.45, 2.75) is 6.42 Å². The van der Waals surface area contributed by atoms with E-state index in [2.05, 4.69) is 0 Å². The number of hydrogen-bond acceptors (Lipinski definition) is 10. The molecule has 0 unspecified atom stereocenters. The van der Waals surface area contributed by atoms with Crippen molar-refractivity contribution in [3.63, 3.8) is 0 Å². The van der Waals surface area contributed by atoms with Crippen LogP contribution in [0.25, 0.3) is 0 Å². The molecule has 0 saturated carbocycles. The van der Waals surface area contributed by atoms with Crippen LogP contribution in [0.4, 0.5) is 0 Å². The van der Waals surface area contributed by atoms with Gasteiger partial charge in [-0.15, -0.1) is 0 Å². The molecule has 15 heteroatoms. The molecule has 0 fully saturated rings. The molecule has 0 amide bonds. The van der Waals surface area contributed by atoms with E-state index in [9.17, 15) is 0 Å². The zero-order chi connectivity index (χ0) is 13.1. The molecule has 0 aromatic rings. The molecule has 0 spiro atoms. The van der Waals surface area contributed by atoms with Gasteiger partial charge in [0.2, 0.25) is 0 Å². The number of rotatable bonds is 2. The Labute approximate surface area is 142 Å². The maximum absolute atomic E-state index is 8.55. The molecule has 0 bridgehead atoms. The molecule has 18 heavy (non-hydrogen) atoms. The van der Waals surface area contributed by atoms with E-state index in [0.29, 0.717) is 6.42 Å². The first-order valence-corrected chi connectivity index (χ1v) is 6.01. The van der Waals surface area contributed by atoms with Crippen molar-refractivity contribution < 1.29 is 107 Å². The van der Waals surface area contributed by atoms with Crippen molar-refractivity contribution in [2.24, 2.45) is 0 Å². The van der Waals surface area contributed by atoms with Crippen LogP contribution in [0.2, 0.25) is 0 Å². The summed E-state index contributed by atoms with van der Waals surface area (Å²) in [5.74, 6) is 0. The zero-order valence-corrected chi connectivity index (χ0v) is 20.0. The van der Waals surface area contributed by atoms with Gasteiger partial charge in [0.05, 0.1) is 0 Å². The fraction of sp³-hybridized carbons (Fsp3) is 1.00. The van der Waals surface area contributed by atoms with Gasteiger partial charge in [0, 0.05) is 13.2 Å². The monoisotopic (exact) mass is 458 g/mol. The van der Waals surface area contributed by atoms with Crippen LogP contribution < -0.4 is 29.4 Å². The third-order valence-corrected chi connectivity index (χ3v) is 0.316. The van der Waals surface area contributed by atoms with Gasteiger partial charge < -0.3 is 48.7 Å². The summed E-state index contributed by atoms with van der Waals surface area (Å²) >= 11 is 0. The zero-order valence-electron chi connectivity index (χ0n) is 9.30. The molecule has 2 N–H and O–H groups in total. The summed E-state index contributed by atoms with van der Waals surface area (Å²) in [6.07, 6.45) is 0.500. The van der Waals surface area contributed by atoms with Crippen LogP contribution in [0, 0.1) is 0 Å². The Balaban J connectivity index is -0.0000000277. The van der Waals surface area contributed by atoms with E-state index in [0.717, 1.165) is 0 Å². The van der Waals surface area contributed by atoms with E-state index < -0.39 is 15.6 Å². The van der Waals surface area contributed by atoms with Gasteiger partial charge in [-0.1, -0.05) is 0 Å². The van der Waals surface area contributed by atoms with E-state index in [-0.39, 0.29) is 71.6 Å². The summed E-state index contributed by atoms with van der Waals surface area (Å²) in [5.41, 5.74) is 0. The van der Waals surface area contributed by atoms with Crippen molar-refractivity contribution in [1.29, 1.82) is 0 Å². The maximum Gasteiger partial charge on any atom is 2.00 e. The standard InChI is InChI=1S/C3H8O2.2H3O4P.3Zn/c4-2-1-3-5;2*1-5(2,3)4;;;/h4-5H,1-3H2;2*(H3,1,2,3,4);;;/q;;;3*+2/p-6. The Morgan fingerprint density at radius 3 is 0.778 bits per heavy atom. The fourth-order valence-electron chi connectivity index (χ4n) is 0.0707. The van der Waals surface area contributed by atoms with Gasteiger partial charge in [-0.3, -0.25) is 0 Å². The summed E-state index contributed by atoms with van der Waals surface area (Å²) < 4.78 is 17.1. The van der Waals surface area contributed by atoms with Crippen molar-refractivity contribution in [1.82, 2.24) is 0 Å². The van der Waals surface area contributed by atoms with Crippen molar-refractivity contribution >= 4 is 15.6 Å². The Kier molecular flexibility index (Phi) is 43.6. The molecule has 0 aliphatic heterocycles. The Morgan fingerprint density at radius 1 is 0.667 bits per heavy atom. The molecule has 0 heterocycles. The molecular weight excluding hydrogens is 454 g/mol. The topological polar surface area (TPSA) is 213 Å². The van der Waals surface area contributed by atoms with Crippen LogP contribution in [0.5, 0.6) is 0 Å². The molecule has 0 aliphatic carbocycles. The van der Waals surface area contributed by atoms with Gasteiger partial charge >= 0.3 is 58.4 Å². The van der Waals surface area contributed by atoms with Crippen molar-refractivity contribution in [2.75, 3.05) is 13.2 Å². The second-order valence-corrected chi connectivity index (χ2v) is 3.48. The van der Waals surface area contributed by atoms with Crippen LogP contribution in [-0.2, 0) is 67.6 Å². The fourth-order valence-corrected chi connectivity index (χ4v) is 0.0707. The first-order chi connectivity index (χ1) is 6.41. The number of phosphoric acid groups is 2. The van der Waals surface area contributed by atoms with Crippen LogP contribution in [0.3, 0.4) is 0 Å². The van der Waals surface area contributed by atoms with Crippen LogP contribution >= 0.6 is 15.6 Å². The summed E-state index contributed by atoms with van der Waals surface area (Å²) in [7, 11) is -10.8. The minimum Gasteiger partial charge on any atom is -0.822 e. The first-order valence-electron chi connectivity index (χ1n) is 3.09.